The van der Waals surface area contributed by atoms with E-state index in [0.717, 1.165) is 19.3 Å². The van der Waals surface area contributed by atoms with Gasteiger partial charge in [-0.3, -0.25) is 0 Å². The smallest absolute Gasteiger partial charge is 0.178 e. The van der Waals surface area contributed by atoms with Gasteiger partial charge < -0.3 is 5.11 Å². The number of benzene rings is 1. The first kappa shape index (κ1) is 10.4. The van der Waals surface area contributed by atoms with Crippen molar-refractivity contribution in [3.8, 4) is 11.8 Å². The summed E-state index contributed by atoms with van der Waals surface area (Å²) in [7, 11) is 0. The van der Waals surface area contributed by atoms with Crippen LogP contribution in [-0.4, -0.2) is 5.11 Å². The first-order valence-electron chi connectivity index (χ1n) is 4.69. The maximum absolute atomic E-state index is 13.1. The lowest BCUT2D eigenvalue weighted by Crippen LogP contribution is -2.32. The summed E-state index contributed by atoms with van der Waals surface area (Å²) in [6, 6.07) is 5.18. The Morgan fingerprint density at radius 2 is 2.13 bits per heavy atom. The first-order chi connectivity index (χ1) is 7.09. The largest absolute Gasteiger partial charge is 0.505 e. The molecule has 1 fully saturated rings. The molecule has 0 aromatic heterocycles. The SMILES string of the molecule is N#CC1(c2cc(O)c(F)c(Br)c2)CCC1. The maximum atomic E-state index is 13.1. The van der Waals surface area contributed by atoms with Gasteiger partial charge >= 0.3 is 0 Å². The lowest BCUT2D eigenvalue weighted by molar-refractivity contribution is 0.321. The van der Waals surface area contributed by atoms with Gasteiger partial charge in [0.25, 0.3) is 0 Å². The average Bonchev–Trinajstić information content (AvgIpc) is 2.13. The normalized spacial score (nSPS) is 17.9. The molecule has 1 N–H and O–H groups in total. The predicted octanol–water partition coefficient (Wildman–Crippen LogP) is 3.24. The second-order valence-corrected chi connectivity index (χ2v) is 4.69. The van der Waals surface area contributed by atoms with Gasteiger partial charge in [0.2, 0.25) is 0 Å². The minimum atomic E-state index is -0.675. The van der Waals surface area contributed by atoms with Crippen LogP contribution in [0.15, 0.2) is 16.6 Å². The van der Waals surface area contributed by atoms with E-state index in [1.807, 2.05) is 0 Å². The van der Waals surface area contributed by atoms with E-state index in [4.69, 9.17) is 5.26 Å². The van der Waals surface area contributed by atoms with Crippen LogP contribution in [0.25, 0.3) is 0 Å². The molecule has 0 unspecified atom stereocenters. The summed E-state index contributed by atoms with van der Waals surface area (Å²) in [5.74, 6) is -1.08. The molecule has 1 aliphatic carbocycles. The van der Waals surface area contributed by atoms with Crippen LogP contribution < -0.4 is 0 Å². The monoisotopic (exact) mass is 269 g/mol. The lowest BCUT2D eigenvalue weighted by Gasteiger charge is -2.35. The topological polar surface area (TPSA) is 44.0 Å². The van der Waals surface area contributed by atoms with Gasteiger partial charge in [-0.1, -0.05) is 0 Å². The van der Waals surface area contributed by atoms with Crippen molar-refractivity contribution in [2.24, 2.45) is 0 Å². The zero-order valence-corrected chi connectivity index (χ0v) is 9.51. The summed E-state index contributed by atoms with van der Waals surface area (Å²) in [5, 5.41) is 18.4. The number of nitriles is 1. The molecule has 1 aromatic rings. The van der Waals surface area contributed by atoms with Crippen molar-refractivity contribution in [1.82, 2.24) is 0 Å². The van der Waals surface area contributed by atoms with Gasteiger partial charge in [-0.15, -0.1) is 0 Å². The van der Waals surface area contributed by atoms with Gasteiger partial charge in [-0.05, 0) is 52.9 Å². The Hall–Kier alpha value is -1.08. The predicted molar refractivity (Wildman–Crippen MR) is 56.9 cm³/mol. The molecule has 78 valence electrons. The summed E-state index contributed by atoms with van der Waals surface area (Å²) < 4.78 is 13.4. The summed E-state index contributed by atoms with van der Waals surface area (Å²) >= 11 is 3.03. The van der Waals surface area contributed by atoms with Gasteiger partial charge in [0.1, 0.15) is 0 Å². The fourth-order valence-corrected chi connectivity index (χ4v) is 2.30. The molecule has 2 rings (SSSR count). The molecule has 0 bridgehead atoms. The Morgan fingerprint density at radius 1 is 1.47 bits per heavy atom. The molecule has 1 aliphatic rings. The Bertz CT molecular complexity index is 425. The van der Waals surface area contributed by atoms with E-state index in [1.54, 1.807) is 6.07 Å². The van der Waals surface area contributed by atoms with E-state index >= 15 is 0 Å². The summed E-state index contributed by atoms with van der Waals surface area (Å²) in [6.45, 7) is 0. The van der Waals surface area contributed by atoms with Crippen LogP contribution >= 0.6 is 15.9 Å². The number of rotatable bonds is 1. The molecule has 0 radical (unpaired) electrons. The maximum Gasteiger partial charge on any atom is 0.178 e. The van der Waals surface area contributed by atoms with Crippen LogP contribution in [-0.2, 0) is 5.41 Å². The average molecular weight is 270 g/mol. The third-order valence-electron chi connectivity index (χ3n) is 2.98. The van der Waals surface area contributed by atoms with Crippen molar-refractivity contribution in [3.63, 3.8) is 0 Å². The molecule has 15 heavy (non-hydrogen) atoms. The lowest BCUT2D eigenvalue weighted by atomic mass is 9.65. The summed E-state index contributed by atoms with van der Waals surface area (Å²) in [4.78, 5) is 0. The minimum Gasteiger partial charge on any atom is -0.505 e. The zero-order valence-electron chi connectivity index (χ0n) is 7.93. The highest BCUT2D eigenvalue weighted by Crippen LogP contribution is 2.45. The van der Waals surface area contributed by atoms with Crippen LogP contribution in [0.2, 0.25) is 0 Å². The van der Waals surface area contributed by atoms with Crippen molar-refractivity contribution in [3.05, 3.63) is 28.0 Å². The van der Waals surface area contributed by atoms with E-state index in [2.05, 4.69) is 22.0 Å². The van der Waals surface area contributed by atoms with Crippen LogP contribution in [0.5, 0.6) is 5.75 Å². The number of hydrogen-bond acceptors (Lipinski definition) is 2. The molecule has 1 aromatic carbocycles. The quantitative estimate of drug-likeness (QED) is 0.851. The van der Waals surface area contributed by atoms with Crippen molar-refractivity contribution in [1.29, 1.82) is 5.26 Å². The van der Waals surface area contributed by atoms with Crippen LogP contribution in [0, 0.1) is 17.1 Å². The Balaban J connectivity index is 2.51. The Kier molecular flexibility index (Phi) is 2.43. The number of phenols is 1. The minimum absolute atomic E-state index is 0.207. The van der Waals surface area contributed by atoms with Crippen molar-refractivity contribution in [2.75, 3.05) is 0 Å². The third-order valence-corrected chi connectivity index (χ3v) is 3.56. The molecule has 1 saturated carbocycles. The van der Waals surface area contributed by atoms with Gasteiger partial charge in [0, 0.05) is 0 Å². The van der Waals surface area contributed by atoms with E-state index in [-0.39, 0.29) is 4.47 Å². The fourth-order valence-electron chi connectivity index (χ4n) is 1.85. The molecule has 0 amide bonds. The van der Waals surface area contributed by atoms with Gasteiger partial charge in [0.05, 0.1) is 16.0 Å². The highest BCUT2D eigenvalue weighted by Gasteiger charge is 2.39. The highest BCUT2D eigenvalue weighted by atomic mass is 79.9. The van der Waals surface area contributed by atoms with Crippen molar-refractivity contribution >= 4 is 15.9 Å². The Morgan fingerprint density at radius 3 is 2.53 bits per heavy atom. The molecule has 2 nitrogen and oxygen atoms in total. The number of hydrogen-bond donors (Lipinski definition) is 1. The molecule has 0 atom stereocenters. The second-order valence-electron chi connectivity index (χ2n) is 3.84. The molecule has 0 aliphatic heterocycles. The van der Waals surface area contributed by atoms with Gasteiger partial charge in [-0.2, -0.15) is 5.26 Å². The van der Waals surface area contributed by atoms with Crippen LogP contribution in [0.3, 0.4) is 0 Å². The molecular formula is C11H9BrFNO. The zero-order chi connectivity index (χ0) is 11.1. The van der Waals surface area contributed by atoms with Crippen molar-refractivity contribution < 1.29 is 9.50 Å². The number of nitrogens with zero attached hydrogens (tertiary/aromatic N) is 1. The molecular weight excluding hydrogens is 261 g/mol. The summed E-state index contributed by atoms with van der Waals surface area (Å²) in [6.07, 6.45) is 2.56. The third kappa shape index (κ3) is 1.51. The highest BCUT2D eigenvalue weighted by molar-refractivity contribution is 9.10. The number of aromatic hydroxyl groups is 1. The van der Waals surface area contributed by atoms with E-state index in [1.165, 1.54) is 6.07 Å². The number of halogens is 2. The molecule has 4 heteroatoms. The number of phenolic OH excluding ortho intramolecular Hbond substituents is 1. The molecule has 0 saturated heterocycles. The van der Waals surface area contributed by atoms with Gasteiger partial charge in [-0.25, -0.2) is 4.39 Å². The van der Waals surface area contributed by atoms with Gasteiger partial charge in [0.15, 0.2) is 11.6 Å². The molecule has 0 spiro atoms. The van der Waals surface area contributed by atoms with E-state index in [9.17, 15) is 9.50 Å². The second kappa shape index (κ2) is 3.49. The Labute approximate surface area is 95.5 Å². The van der Waals surface area contributed by atoms with E-state index in [0.29, 0.717) is 5.56 Å². The molecule has 0 heterocycles. The first-order valence-corrected chi connectivity index (χ1v) is 5.48. The van der Waals surface area contributed by atoms with Crippen LogP contribution in [0.4, 0.5) is 4.39 Å². The van der Waals surface area contributed by atoms with Crippen LogP contribution in [0.1, 0.15) is 24.8 Å². The van der Waals surface area contributed by atoms with Crippen molar-refractivity contribution in [2.45, 2.75) is 24.7 Å². The summed E-state index contributed by atoms with van der Waals surface area (Å²) in [5.41, 5.74) is 0.176. The standard InChI is InChI=1S/C11H9BrFNO/c12-8-4-7(5-9(15)10(8)13)11(6-14)2-1-3-11/h4-5,15H,1-3H2. The van der Waals surface area contributed by atoms with E-state index < -0.39 is 17.0 Å². The fraction of sp³-hybridized carbons (Fsp3) is 0.364.